The van der Waals surface area contributed by atoms with E-state index in [1.807, 2.05) is 26.0 Å². The lowest BCUT2D eigenvalue weighted by Crippen LogP contribution is -2.32. The number of para-hydroxylation sites is 1. The first-order chi connectivity index (χ1) is 15.9. The zero-order valence-electron chi connectivity index (χ0n) is 18.3. The molecule has 4 rings (SSSR count). The first kappa shape index (κ1) is 22.6. The van der Waals surface area contributed by atoms with Crippen LogP contribution >= 0.6 is 11.8 Å². The quantitative estimate of drug-likeness (QED) is 0.360. The van der Waals surface area contributed by atoms with Crippen LogP contribution in [0.15, 0.2) is 57.0 Å². The summed E-state index contributed by atoms with van der Waals surface area (Å²) in [7, 11) is 0. The summed E-state index contributed by atoms with van der Waals surface area (Å²) < 4.78 is 8.42. The number of thioether (sulfide) groups is 1. The second-order valence-corrected chi connectivity index (χ2v) is 8.65. The summed E-state index contributed by atoms with van der Waals surface area (Å²) in [6.45, 7) is 4.22. The number of furan rings is 1. The van der Waals surface area contributed by atoms with E-state index >= 15 is 0 Å². The fraction of sp³-hybridized carbons (Fsp3) is 0.318. The maximum absolute atomic E-state index is 13.1. The zero-order chi connectivity index (χ0) is 23.4. The molecule has 3 aromatic heterocycles. The van der Waals surface area contributed by atoms with Crippen molar-refractivity contribution in [3.63, 3.8) is 0 Å². The van der Waals surface area contributed by atoms with Gasteiger partial charge in [0.15, 0.2) is 5.16 Å². The Morgan fingerprint density at radius 3 is 2.70 bits per heavy atom. The molecule has 0 unspecified atom stereocenters. The maximum Gasteiger partial charge on any atom is 0.262 e. The molecule has 0 spiro atoms. The van der Waals surface area contributed by atoms with Gasteiger partial charge in [-0.15, -0.1) is 10.2 Å². The van der Waals surface area contributed by atoms with Gasteiger partial charge >= 0.3 is 0 Å². The second-order valence-electron chi connectivity index (χ2n) is 7.71. The van der Waals surface area contributed by atoms with Crippen molar-refractivity contribution in [3.8, 4) is 0 Å². The summed E-state index contributed by atoms with van der Waals surface area (Å²) in [6.07, 6.45) is 1.69. The molecule has 2 N–H and O–H groups in total. The van der Waals surface area contributed by atoms with Crippen LogP contribution in [0.3, 0.4) is 0 Å². The van der Waals surface area contributed by atoms with Gasteiger partial charge in [0.1, 0.15) is 5.76 Å². The van der Waals surface area contributed by atoms with Crippen LogP contribution in [-0.4, -0.2) is 42.8 Å². The molecule has 172 valence electrons. The van der Waals surface area contributed by atoms with Crippen LogP contribution in [0.2, 0.25) is 0 Å². The lowest BCUT2D eigenvalue weighted by molar-refractivity contribution is -0.122. The number of nitrogens with zero attached hydrogens (tertiary/aromatic N) is 4. The third kappa shape index (κ3) is 5.08. The molecular formula is C22H24N6O4S. The van der Waals surface area contributed by atoms with Gasteiger partial charge in [0.25, 0.3) is 5.56 Å². The minimum Gasteiger partial charge on any atom is -0.467 e. The highest BCUT2D eigenvalue weighted by atomic mass is 32.2. The number of aromatic nitrogens is 4. The van der Waals surface area contributed by atoms with Crippen molar-refractivity contribution in [1.29, 1.82) is 0 Å². The van der Waals surface area contributed by atoms with Crippen molar-refractivity contribution in [2.45, 2.75) is 44.6 Å². The predicted molar refractivity (Wildman–Crippen MR) is 124 cm³/mol. The topological polar surface area (TPSA) is 124 Å². The second kappa shape index (κ2) is 9.90. The number of benzene rings is 1. The van der Waals surface area contributed by atoms with E-state index in [1.165, 1.54) is 16.3 Å². The summed E-state index contributed by atoms with van der Waals surface area (Å²) in [5.74, 6) is 0.778. The fourth-order valence-corrected chi connectivity index (χ4v) is 4.19. The van der Waals surface area contributed by atoms with Gasteiger partial charge in [0, 0.05) is 19.0 Å². The summed E-state index contributed by atoms with van der Waals surface area (Å²) in [4.78, 5) is 37.6. The van der Waals surface area contributed by atoms with Crippen LogP contribution in [0.25, 0.3) is 16.7 Å². The Morgan fingerprint density at radius 1 is 1.12 bits per heavy atom. The van der Waals surface area contributed by atoms with Crippen LogP contribution < -0.4 is 16.2 Å². The molecule has 3 heterocycles. The van der Waals surface area contributed by atoms with Crippen molar-refractivity contribution in [1.82, 2.24) is 29.8 Å². The largest absolute Gasteiger partial charge is 0.467 e. The molecule has 0 aliphatic heterocycles. The van der Waals surface area contributed by atoms with E-state index < -0.39 is 0 Å². The number of fused-ring (bicyclic) bond motifs is 3. The summed E-state index contributed by atoms with van der Waals surface area (Å²) in [5, 5.41) is 15.0. The van der Waals surface area contributed by atoms with Crippen LogP contribution in [0.1, 0.15) is 26.0 Å². The van der Waals surface area contributed by atoms with E-state index in [9.17, 15) is 14.4 Å². The first-order valence-corrected chi connectivity index (χ1v) is 11.5. The van der Waals surface area contributed by atoms with Crippen molar-refractivity contribution in [3.05, 3.63) is 58.8 Å². The van der Waals surface area contributed by atoms with E-state index in [1.54, 1.807) is 34.9 Å². The highest BCUT2D eigenvalue weighted by Crippen LogP contribution is 2.21. The van der Waals surface area contributed by atoms with Crippen LogP contribution in [0, 0.1) is 0 Å². The van der Waals surface area contributed by atoms with Gasteiger partial charge in [0.05, 0.1) is 29.5 Å². The van der Waals surface area contributed by atoms with Crippen molar-refractivity contribution >= 4 is 40.3 Å². The van der Waals surface area contributed by atoms with Crippen molar-refractivity contribution in [2.24, 2.45) is 0 Å². The molecule has 0 saturated carbocycles. The highest BCUT2D eigenvalue weighted by Gasteiger charge is 2.18. The fourth-order valence-electron chi connectivity index (χ4n) is 3.42. The summed E-state index contributed by atoms with van der Waals surface area (Å²) in [6, 6.07) is 10.7. The number of hydrogen-bond acceptors (Lipinski definition) is 7. The molecule has 2 amide bonds. The predicted octanol–water partition coefficient (Wildman–Crippen LogP) is 1.96. The molecule has 0 saturated heterocycles. The molecule has 33 heavy (non-hydrogen) atoms. The van der Waals surface area contributed by atoms with Crippen LogP contribution in [0.5, 0.6) is 0 Å². The molecule has 0 aliphatic rings. The number of nitrogens with one attached hydrogen (secondary N) is 2. The molecule has 1 aromatic carbocycles. The lowest BCUT2D eigenvalue weighted by atomic mass is 10.2. The summed E-state index contributed by atoms with van der Waals surface area (Å²) in [5.41, 5.74) is 0.402. The number of hydrogen-bond donors (Lipinski definition) is 2. The molecule has 10 nitrogen and oxygen atoms in total. The van der Waals surface area contributed by atoms with Crippen molar-refractivity contribution in [2.75, 3.05) is 5.75 Å². The third-order valence-electron chi connectivity index (χ3n) is 4.86. The number of amides is 2. The van der Waals surface area contributed by atoms with Gasteiger partial charge in [0.2, 0.25) is 17.6 Å². The van der Waals surface area contributed by atoms with Gasteiger partial charge in [-0.05, 0) is 38.1 Å². The molecule has 0 bridgehead atoms. The lowest BCUT2D eigenvalue weighted by Gasteiger charge is -2.12. The minimum atomic E-state index is -0.240. The average molecular weight is 469 g/mol. The maximum atomic E-state index is 13.1. The molecule has 11 heteroatoms. The zero-order valence-corrected chi connectivity index (χ0v) is 19.1. The average Bonchev–Trinajstić information content (AvgIpc) is 3.46. The molecule has 4 aromatic rings. The Morgan fingerprint density at radius 2 is 1.94 bits per heavy atom. The van der Waals surface area contributed by atoms with Gasteiger partial charge in [-0.25, -0.2) is 0 Å². The van der Waals surface area contributed by atoms with E-state index in [0.717, 1.165) is 0 Å². The SMILES string of the molecule is CC(C)NC(=O)CCn1c(=O)c2ccccc2n2c(SCC(=O)NCc3ccco3)nnc12. The Balaban J connectivity index is 1.59. The van der Waals surface area contributed by atoms with E-state index in [4.69, 9.17) is 4.42 Å². The van der Waals surface area contributed by atoms with Crippen LogP contribution in [0.4, 0.5) is 0 Å². The molecule has 0 aliphatic carbocycles. The molecule has 0 atom stereocenters. The van der Waals surface area contributed by atoms with E-state index in [2.05, 4.69) is 20.8 Å². The first-order valence-electron chi connectivity index (χ1n) is 10.5. The van der Waals surface area contributed by atoms with Gasteiger partial charge in [-0.2, -0.15) is 0 Å². The van der Waals surface area contributed by atoms with Gasteiger partial charge < -0.3 is 15.1 Å². The molecule has 0 fully saturated rings. The van der Waals surface area contributed by atoms with Crippen LogP contribution in [-0.2, 0) is 22.7 Å². The summed E-state index contributed by atoms with van der Waals surface area (Å²) >= 11 is 1.22. The Labute approximate surface area is 193 Å². The Hall–Kier alpha value is -3.60. The number of aryl methyl sites for hydroxylation is 1. The highest BCUT2D eigenvalue weighted by molar-refractivity contribution is 7.99. The third-order valence-corrected chi connectivity index (χ3v) is 5.79. The molecule has 0 radical (unpaired) electrons. The van der Waals surface area contributed by atoms with Gasteiger partial charge in [-0.3, -0.25) is 23.4 Å². The molecular weight excluding hydrogens is 444 g/mol. The standard InChI is InChI=1S/C22H24N6O4S/c1-14(2)24-18(29)9-10-27-20(31)16-7-3-4-8-17(16)28-21(27)25-26-22(28)33-13-19(30)23-12-15-6-5-11-32-15/h3-8,11,14H,9-10,12-13H2,1-2H3,(H,23,30)(H,24,29). The number of rotatable bonds is 9. The Bertz CT molecular complexity index is 1340. The Kier molecular flexibility index (Phi) is 6.78. The normalized spacial score (nSPS) is 11.4. The van der Waals surface area contributed by atoms with Crippen molar-refractivity contribution < 1.29 is 14.0 Å². The minimum absolute atomic E-state index is 0.0147. The van der Waals surface area contributed by atoms with E-state index in [-0.39, 0.29) is 42.1 Å². The monoisotopic (exact) mass is 468 g/mol. The van der Waals surface area contributed by atoms with E-state index in [0.29, 0.717) is 34.1 Å². The smallest absolute Gasteiger partial charge is 0.262 e. The number of carbonyl (C=O) groups excluding carboxylic acids is 2. The number of carbonyl (C=O) groups is 2. The van der Waals surface area contributed by atoms with Gasteiger partial charge in [-0.1, -0.05) is 23.9 Å².